The summed E-state index contributed by atoms with van der Waals surface area (Å²) in [5.74, 6) is -1.14. The molecular formula is C12H22N2O3. The number of aliphatic carboxylic acids is 1. The van der Waals surface area contributed by atoms with Crippen LogP contribution in [0.25, 0.3) is 0 Å². The second-order valence-electron chi connectivity index (χ2n) is 4.88. The van der Waals surface area contributed by atoms with Crippen LogP contribution >= 0.6 is 0 Å². The van der Waals surface area contributed by atoms with Gasteiger partial charge in [-0.25, -0.2) is 4.79 Å². The van der Waals surface area contributed by atoms with Gasteiger partial charge in [0.1, 0.15) is 5.54 Å². The number of hydrogen-bond donors (Lipinski definition) is 2. The van der Waals surface area contributed by atoms with E-state index < -0.39 is 11.5 Å². The Kier molecular flexibility index (Phi) is 4.51. The first-order valence-electron chi connectivity index (χ1n) is 6.19. The Morgan fingerprint density at radius 3 is 2.71 bits per heavy atom. The molecule has 2 unspecified atom stereocenters. The lowest BCUT2D eigenvalue weighted by Crippen LogP contribution is -2.53. The average molecular weight is 242 g/mol. The SMILES string of the molecule is CCNCC(C)C(=O)N1CCCC1(C)C(=O)O. The van der Waals surface area contributed by atoms with Gasteiger partial charge in [0.2, 0.25) is 5.91 Å². The Labute approximate surface area is 102 Å². The first-order valence-corrected chi connectivity index (χ1v) is 6.19. The molecule has 1 saturated heterocycles. The fourth-order valence-electron chi connectivity index (χ4n) is 2.25. The molecule has 5 heteroatoms. The molecule has 17 heavy (non-hydrogen) atoms. The Balaban J connectivity index is 2.71. The molecule has 2 N–H and O–H groups in total. The first kappa shape index (κ1) is 14.0. The summed E-state index contributed by atoms with van der Waals surface area (Å²) in [5, 5.41) is 12.4. The fourth-order valence-corrected chi connectivity index (χ4v) is 2.25. The van der Waals surface area contributed by atoms with E-state index in [0.717, 1.165) is 13.0 Å². The van der Waals surface area contributed by atoms with Gasteiger partial charge < -0.3 is 15.3 Å². The van der Waals surface area contributed by atoms with Gasteiger partial charge in [-0.1, -0.05) is 13.8 Å². The van der Waals surface area contributed by atoms with E-state index in [2.05, 4.69) is 5.32 Å². The summed E-state index contributed by atoms with van der Waals surface area (Å²) >= 11 is 0. The molecule has 0 aromatic rings. The molecule has 0 saturated carbocycles. The third-order valence-corrected chi connectivity index (χ3v) is 3.49. The normalized spacial score (nSPS) is 25.9. The van der Waals surface area contributed by atoms with Crippen molar-refractivity contribution in [3.05, 3.63) is 0 Å². The summed E-state index contributed by atoms with van der Waals surface area (Å²) < 4.78 is 0. The summed E-state index contributed by atoms with van der Waals surface area (Å²) in [6.07, 6.45) is 1.31. The van der Waals surface area contributed by atoms with Gasteiger partial charge in [0, 0.05) is 19.0 Å². The molecule has 0 aliphatic carbocycles. The third-order valence-electron chi connectivity index (χ3n) is 3.49. The lowest BCUT2D eigenvalue weighted by Gasteiger charge is -2.33. The quantitative estimate of drug-likeness (QED) is 0.744. The number of carboxylic acids is 1. The number of likely N-dealkylation sites (tertiary alicyclic amines) is 1. The predicted octanol–water partition coefficient (Wildman–Crippen LogP) is 0.698. The summed E-state index contributed by atoms with van der Waals surface area (Å²) in [6.45, 7) is 7.42. The second-order valence-corrected chi connectivity index (χ2v) is 4.88. The van der Waals surface area contributed by atoms with Gasteiger partial charge in [-0.05, 0) is 26.3 Å². The van der Waals surface area contributed by atoms with Crippen molar-refractivity contribution in [2.24, 2.45) is 5.92 Å². The van der Waals surface area contributed by atoms with Crippen LogP contribution in [0.4, 0.5) is 0 Å². The Morgan fingerprint density at radius 2 is 2.18 bits per heavy atom. The van der Waals surface area contributed by atoms with Crippen LogP contribution in [-0.2, 0) is 9.59 Å². The summed E-state index contributed by atoms with van der Waals surface area (Å²) in [4.78, 5) is 25.0. The van der Waals surface area contributed by atoms with Gasteiger partial charge in [-0.15, -0.1) is 0 Å². The minimum Gasteiger partial charge on any atom is -0.480 e. The van der Waals surface area contributed by atoms with Gasteiger partial charge in [0.05, 0.1) is 0 Å². The van der Waals surface area contributed by atoms with E-state index in [1.807, 2.05) is 13.8 Å². The topological polar surface area (TPSA) is 69.6 Å². The highest BCUT2D eigenvalue weighted by molar-refractivity contribution is 5.88. The summed E-state index contributed by atoms with van der Waals surface area (Å²) in [5.41, 5.74) is -1.02. The zero-order chi connectivity index (χ0) is 13.1. The lowest BCUT2D eigenvalue weighted by atomic mass is 9.98. The fraction of sp³-hybridized carbons (Fsp3) is 0.833. The van der Waals surface area contributed by atoms with Crippen molar-refractivity contribution in [1.29, 1.82) is 0 Å². The molecule has 2 atom stereocenters. The van der Waals surface area contributed by atoms with Gasteiger partial charge in [0.15, 0.2) is 0 Å². The maximum absolute atomic E-state index is 12.2. The molecule has 0 bridgehead atoms. The van der Waals surface area contributed by atoms with E-state index in [1.54, 1.807) is 6.92 Å². The number of nitrogens with one attached hydrogen (secondary N) is 1. The number of nitrogens with zero attached hydrogens (tertiary/aromatic N) is 1. The predicted molar refractivity (Wildman–Crippen MR) is 64.7 cm³/mol. The molecule has 0 radical (unpaired) electrons. The molecular weight excluding hydrogens is 220 g/mol. The number of carbonyl (C=O) groups excluding carboxylic acids is 1. The van der Waals surface area contributed by atoms with Crippen molar-refractivity contribution in [3.63, 3.8) is 0 Å². The van der Waals surface area contributed by atoms with Crippen LogP contribution in [0.2, 0.25) is 0 Å². The monoisotopic (exact) mass is 242 g/mol. The summed E-state index contributed by atoms with van der Waals surface area (Å²) in [7, 11) is 0. The van der Waals surface area contributed by atoms with Gasteiger partial charge in [0.25, 0.3) is 0 Å². The Bertz CT molecular complexity index is 306. The van der Waals surface area contributed by atoms with Gasteiger partial charge in [-0.3, -0.25) is 4.79 Å². The van der Waals surface area contributed by atoms with E-state index in [1.165, 1.54) is 4.90 Å². The highest BCUT2D eigenvalue weighted by Gasteiger charge is 2.46. The highest BCUT2D eigenvalue weighted by Crippen LogP contribution is 2.30. The molecule has 1 amide bonds. The average Bonchev–Trinajstić information content (AvgIpc) is 2.68. The van der Waals surface area contributed by atoms with E-state index in [0.29, 0.717) is 19.5 Å². The smallest absolute Gasteiger partial charge is 0.329 e. The van der Waals surface area contributed by atoms with Crippen LogP contribution in [-0.4, -0.2) is 47.1 Å². The van der Waals surface area contributed by atoms with Crippen LogP contribution in [0.3, 0.4) is 0 Å². The molecule has 1 aliphatic rings. The molecule has 1 heterocycles. The minimum absolute atomic E-state index is 0.0617. The third kappa shape index (κ3) is 2.77. The largest absolute Gasteiger partial charge is 0.480 e. The number of rotatable bonds is 5. The van der Waals surface area contributed by atoms with Crippen molar-refractivity contribution in [1.82, 2.24) is 10.2 Å². The second kappa shape index (κ2) is 5.49. The molecule has 1 fully saturated rings. The molecule has 1 aliphatic heterocycles. The van der Waals surface area contributed by atoms with Crippen LogP contribution < -0.4 is 5.32 Å². The van der Waals surface area contributed by atoms with Crippen LogP contribution in [0.15, 0.2) is 0 Å². The highest BCUT2D eigenvalue weighted by atomic mass is 16.4. The molecule has 0 aromatic heterocycles. The van der Waals surface area contributed by atoms with Crippen LogP contribution in [0.1, 0.15) is 33.6 Å². The number of hydrogen-bond acceptors (Lipinski definition) is 3. The molecule has 98 valence electrons. The molecule has 1 rings (SSSR count). The standard InChI is InChI=1S/C12H22N2O3/c1-4-13-8-9(2)10(15)14-7-5-6-12(14,3)11(16)17/h9,13H,4-8H2,1-3H3,(H,16,17). The molecule has 0 spiro atoms. The van der Waals surface area contributed by atoms with Crippen LogP contribution in [0, 0.1) is 5.92 Å². The van der Waals surface area contributed by atoms with Gasteiger partial charge >= 0.3 is 5.97 Å². The van der Waals surface area contributed by atoms with E-state index in [-0.39, 0.29) is 11.8 Å². The van der Waals surface area contributed by atoms with Crippen molar-refractivity contribution >= 4 is 11.9 Å². The van der Waals surface area contributed by atoms with Crippen molar-refractivity contribution in [2.45, 2.75) is 39.2 Å². The van der Waals surface area contributed by atoms with Gasteiger partial charge in [-0.2, -0.15) is 0 Å². The van der Waals surface area contributed by atoms with Crippen molar-refractivity contribution < 1.29 is 14.7 Å². The number of amides is 1. The zero-order valence-electron chi connectivity index (χ0n) is 10.8. The van der Waals surface area contributed by atoms with E-state index in [4.69, 9.17) is 0 Å². The van der Waals surface area contributed by atoms with E-state index >= 15 is 0 Å². The lowest BCUT2D eigenvalue weighted by molar-refractivity contribution is -0.156. The Hall–Kier alpha value is -1.10. The first-order chi connectivity index (χ1) is 7.93. The van der Waals surface area contributed by atoms with Crippen LogP contribution in [0.5, 0.6) is 0 Å². The van der Waals surface area contributed by atoms with Crippen molar-refractivity contribution in [3.8, 4) is 0 Å². The Morgan fingerprint density at radius 1 is 1.53 bits per heavy atom. The molecule has 5 nitrogen and oxygen atoms in total. The molecule has 0 aromatic carbocycles. The maximum atomic E-state index is 12.2. The maximum Gasteiger partial charge on any atom is 0.329 e. The van der Waals surface area contributed by atoms with E-state index in [9.17, 15) is 14.7 Å². The number of carboxylic acid groups (broad SMARTS) is 1. The number of carbonyl (C=O) groups is 2. The minimum atomic E-state index is -1.02. The van der Waals surface area contributed by atoms with Crippen molar-refractivity contribution in [2.75, 3.05) is 19.6 Å². The summed E-state index contributed by atoms with van der Waals surface area (Å²) in [6, 6.07) is 0. The zero-order valence-corrected chi connectivity index (χ0v) is 10.8.